The largest absolute Gasteiger partial charge is 0.465 e. The first kappa shape index (κ1) is 14.1. The lowest BCUT2D eigenvalue weighted by Gasteiger charge is -2.11. The summed E-state index contributed by atoms with van der Waals surface area (Å²) in [6, 6.07) is 5.97. The van der Waals surface area contributed by atoms with Gasteiger partial charge in [-0.15, -0.1) is 0 Å². The van der Waals surface area contributed by atoms with Crippen molar-refractivity contribution in [1.82, 2.24) is 0 Å². The molecule has 7 heteroatoms. The minimum atomic E-state index is -2.03. The molecule has 0 spiro atoms. The monoisotopic (exact) mass is 295 g/mol. The summed E-state index contributed by atoms with van der Waals surface area (Å²) in [5.41, 5.74) is 0.772. The Morgan fingerprint density at radius 1 is 1.18 bits per heavy atom. The van der Waals surface area contributed by atoms with Gasteiger partial charge in [-0.2, -0.15) is 0 Å². The second-order valence-electron chi connectivity index (χ2n) is 3.02. The SMILES string of the molecule is COC(=O)c1ccc(NC(=O)C(Cl)(Cl)Cl)cc1. The highest BCUT2D eigenvalue weighted by Gasteiger charge is 2.30. The maximum Gasteiger partial charge on any atom is 0.337 e. The second-order valence-corrected chi connectivity index (χ2v) is 5.30. The maximum atomic E-state index is 11.3. The highest BCUT2D eigenvalue weighted by molar-refractivity contribution is 6.76. The van der Waals surface area contributed by atoms with Crippen LogP contribution in [0.5, 0.6) is 0 Å². The smallest absolute Gasteiger partial charge is 0.337 e. The predicted molar refractivity (Wildman–Crippen MR) is 66.7 cm³/mol. The van der Waals surface area contributed by atoms with Crippen molar-refractivity contribution < 1.29 is 14.3 Å². The topological polar surface area (TPSA) is 55.4 Å². The quantitative estimate of drug-likeness (QED) is 0.674. The molecule has 1 aromatic rings. The number of hydrogen-bond acceptors (Lipinski definition) is 3. The number of ether oxygens (including phenoxy) is 1. The lowest BCUT2D eigenvalue weighted by molar-refractivity contribution is -0.115. The van der Waals surface area contributed by atoms with Crippen molar-refractivity contribution in [3.63, 3.8) is 0 Å². The first-order valence-electron chi connectivity index (χ1n) is 4.41. The fourth-order valence-electron chi connectivity index (χ4n) is 1.01. The van der Waals surface area contributed by atoms with Crippen molar-refractivity contribution in [2.24, 2.45) is 0 Å². The van der Waals surface area contributed by atoms with Gasteiger partial charge >= 0.3 is 5.97 Å². The standard InChI is InChI=1S/C10H8Cl3NO3/c1-17-8(15)6-2-4-7(5-3-6)14-9(16)10(11,12)13/h2-5H,1H3,(H,14,16). The van der Waals surface area contributed by atoms with Crippen LogP contribution in [0.2, 0.25) is 0 Å². The van der Waals surface area contributed by atoms with Gasteiger partial charge in [0.25, 0.3) is 9.70 Å². The first-order chi connectivity index (χ1) is 7.84. The van der Waals surface area contributed by atoms with Crippen LogP contribution < -0.4 is 5.32 Å². The van der Waals surface area contributed by atoms with Gasteiger partial charge in [0.15, 0.2) is 0 Å². The number of hydrogen-bond donors (Lipinski definition) is 1. The highest BCUT2D eigenvalue weighted by Crippen LogP contribution is 2.27. The van der Waals surface area contributed by atoms with Crippen molar-refractivity contribution in [1.29, 1.82) is 0 Å². The highest BCUT2D eigenvalue weighted by atomic mass is 35.6. The van der Waals surface area contributed by atoms with E-state index in [1.807, 2.05) is 0 Å². The molecule has 0 saturated heterocycles. The predicted octanol–water partition coefficient (Wildman–Crippen LogP) is 2.78. The molecular weight excluding hydrogens is 288 g/mol. The van der Waals surface area contributed by atoms with E-state index in [0.29, 0.717) is 11.3 Å². The average molecular weight is 297 g/mol. The molecule has 92 valence electrons. The van der Waals surface area contributed by atoms with Crippen LogP contribution in [-0.4, -0.2) is 22.8 Å². The minimum absolute atomic E-state index is 0.361. The van der Waals surface area contributed by atoms with Crippen molar-refractivity contribution in [3.05, 3.63) is 29.8 Å². The van der Waals surface area contributed by atoms with E-state index in [9.17, 15) is 9.59 Å². The average Bonchev–Trinajstić information content (AvgIpc) is 2.27. The van der Waals surface area contributed by atoms with Gasteiger partial charge < -0.3 is 10.1 Å². The summed E-state index contributed by atoms with van der Waals surface area (Å²) in [7, 11) is 1.28. The van der Waals surface area contributed by atoms with Gasteiger partial charge in [0.1, 0.15) is 0 Å². The van der Waals surface area contributed by atoms with Crippen molar-refractivity contribution >= 4 is 52.4 Å². The number of anilines is 1. The Balaban J connectivity index is 2.76. The second kappa shape index (κ2) is 5.58. The van der Waals surface area contributed by atoms with E-state index in [1.165, 1.54) is 31.4 Å². The molecule has 0 heterocycles. The van der Waals surface area contributed by atoms with Gasteiger partial charge in [-0.3, -0.25) is 4.79 Å². The van der Waals surface area contributed by atoms with Crippen LogP contribution in [0.4, 0.5) is 5.69 Å². The molecule has 1 amide bonds. The number of alkyl halides is 3. The summed E-state index contributed by atoms with van der Waals surface area (Å²) in [5.74, 6) is -1.24. The van der Waals surface area contributed by atoms with Crippen LogP contribution in [0, 0.1) is 0 Å². The third-order valence-electron chi connectivity index (χ3n) is 1.82. The summed E-state index contributed by atoms with van der Waals surface area (Å²) in [6.07, 6.45) is 0. The first-order valence-corrected chi connectivity index (χ1v) is 5.54. The third-order valence-corrected chi connectivity index (χ3v) is 2.34. The Labute approximate surface area is 113 Å². The zero-order valence-corrected chi connectivity index (χ0v) is 10.9. The van der Waals surface area contributed by atoms with Crippen LogP contribution >= 0.6 is 34.8 Å². The number of carbonyl (C=O) groups excluding carboxylic acids is 2. The summed E-state index contributed by atoms with van der Waals surface area (Å²) in [6.45, 7) is 0. The lowest BCUT2D eigenvalue weighted by Crippen LogP contribution is -2.26. The van der Waals surface area contributed by atoms with Crippen molar-refractivity contribution in [2.75, 3.05) is 12.4 Å². The fraction of sp³-hybridized carbons (Fsp3) is 0.200. The van der Waals surface area contributed by atoms with Crippen LogP contribution in [0.25, 0.3) is 0 Å². The summed E-state index contributed by atoms with van der Waals surface area (Å²) < 4.78 is 2.50. The van der Waals surface area contributed by atoms with Gasteiger partial charge in [0.2, 0.25) is 0 Å². The number of esters is 1. The number of methoxy groups -OCH3 is 1. The van der Waals surface area contributed by atoms with Gasteiger partial charge in [0, 0.05) is 5.69 Å². The number of halogens is 3. The normalized spacial score (nSPS) is 10.8. The summed E-state index contributed by atoms with van der Waals surface area (Å²) in [4.78, 5) is 22.4. The van der Waals surface area contributed by atoms with E-state index in [4.69, 9.17) is 34.8 Å². The van der Waals surface area contributed by atoms with E-state index < -0.39 is 15.7 Å². The molecule has 17 heavy (non-hydrogen) atoms. The third kappa shape index (κ3) is 4.07. The molecule has 0 aliphatic heterocycles. The van der Waals surface area contributed by atoms with Gasteiger partial charge in [-0.25, -0.2) is 4.79 Å². The molecule has 0 unspecified atom stereocenters. The van der Waals surface area contributed by atoms with E-state index in [0.717, 1.165) is 0 Å². The molecule has 1 rings (SSSR count). The Kier molecular flexibility index (Phi) is 4.62. The molecule has 0 aliphatic carbocycles. The van der Waals surface area contributed by atoms with Crippen LogP contribution in [0.1, 0.15) is 10.4 Å². The fourth-order valence-corrected chi connectivity index (χ4v) is 1.15. The zero-order valence-electron chi connectivity index (χ0n) is 8.67. The van der Waals surface area contributed by atoms with Crippen LogP contribution in [-0.2, 0) is 9.53 Å². The Bertz CT molecular complexity index is 425. The molecule has 0 radical (unpaired) electrons. The molecule has 0 bridgehead atoms. The minimum Gasteiger partial charge on any atom is -0.465 e. The summed E-state index contributed by atoms with van der Waals surface area (Å²) in [5, 5.41) is 2.38. The van der Waals surface area contributed by atoms with Crippen molar-refractivity contribution in [2.45, 2.75) is 3.79 Å². The molecule has 0 atom stereocenters. The number of carbonyl (C=O) groups is 2. The van der Waals surface area contributed by atoms with E-state index >= 15 is 0 Å². The van der Waals surface area contributed by atoms with Gasteiger partial charge in [-0.05, 0) is 24.3 Å². The molecule has 4 nitrogen and oxygen atoms in total. The lowest BCUT2D eigenvalue weighted by atomic mass is 10.2. The summed E-state index contributed by atoms with van der Waals surface area (Å²) >= 11 is 16.1. The molecule has 0 saturated carbocycles. The number of rotatable bonds is 2. The Hall–Kier alpha value is -0.970. The molecule has 0 fully saturated rings. The molecular formula is C10H8Cl3NO3. The number of nitrogens with one attached hydrogen (secondary N) is 1. The zero-order chi connectivity index (χ0) is 13.1. The molecule has 0 aliphatic rings. The van der Waals surface area contributed by atoms with Crippen LogP contribution in [0.15, 0.2) is 24.3 Å². The molecule has 0 aromatic heterocycles. The van der Waals surface area contributed by atoms with E-state index in [-0.39, 0.29) is 0 Å². The van der Waals surface area contributed by atoms with Crippen LogP contribution in [0.3, 0.4) is 0 Å². The number of benzene rings is 1. The van der Waals surface area contributed by atoms with Crippen molar-refractivity contribution in [3.8, 4) is 0 Å². The maximum absolute atomic E-state index is 11.3. The molecule has 1 aromatic carbocycles. The van der Waals surface area contributed by atoms with E-state index in [1.54, 1.807) is 0 Å². The van der Waals surface area contributed by atoms with Gasteiger partial charge in [-0.1, -0.05) is 34.8 Å². The Morgan fingerprint density at radius 2 is 1.71 bits per heavy atom. The Morgan fingerprint density at radius 3 is 2.12 bits per heavy atom. The van der Waals surface area contributed by atoms with E-state index in [2.05, 4.69) is 10.1 Å². The number of amides is 1. The molecule has 1 N–H and O–H groups in total. The van der Waals surface area contributed by atoms with Gasteiger partial charge in [0.05, 0.1) is 12.7 Å².